The maximum absolute atomic E-state index is 14.9. The molecule has 2 N–H and O–H groups in total. The number of aromatic nitrogens is 3. The van der Waals surface area contributed by atoms with Gasteiger partial charge in [0.2, 0.25) is 0 Å². The average Bonchev–Trinajstić information content (AvgIpc) is 3.43. The lowest BCUT2D eigenvalue weighted by molar-refractivity contribution is -0.137. The Hall–Kier alpha value is -3.73. The summed E-state index contributed by atoms with van der Waals surface area (Å²) in [5.41, 5.74) is 7.52. The third kappa shape index (κ3) is 3.71. The molecule has 1 aromatic carbocycles. The molecule has 0 atom stereocenters. The largest absolute Gasteiger partial charge is 0.417 e. The van der Waals surface area contributed by atoms with Crippen LogP contribution >= 0.6 is 0 Å². The second-order valence-electron chi connectivity index (χ2n) is 8.03. The highest BCUT2D eigenvalue weighted by molar-refractivity contribution is 5.99. The summed E-state index contributed by atoms with van der Waals surface area (Å²) < 4.78 is 60.6. The highest BCUT2D eigenvalue weighted by Crippen LogP contribution is 2.33. The molecule has 0 unspecified atom stereocenters. The van der Waals surface area contributed by atoms with E-state index >= 15 is 0 Å². The highest BCUT2D eigenvalue weighted by Gasteiger charge is 2.31. The molecule has 11 heteroatoms. The second-order valence-corrected chi connectivity index (χ2v) is 8.03. The van der Waals surface area contributed by atoms with Gasteiger partial charge in [0.1, 0.15) is 17.3 Å². The number of nitrogens with two attached hydrogens (primary N) is 1. The van der Waals surface area contributed by atoms with E-state index in [1.807, 2.05) is 0 Å². The number of benzene rings is 1. The summed E-state index contributed by atoms with van der Waals surface area (Å²) in [5, 5.41) is 0.593. The van der Waals surface area contributed by atoms with E-state index in [4.69, 9.17) is 10.5 Å². The molecule has 0 spiro atoms. The predicted octanol–water partition coefficient (Wildman–Crippen LogP) is 4.32. The first-order valence-corrected chi connectivity index (χ1v) is 10.5. The maximum Gasteiger partial charge on any atom is 0.417 e. The van der Waals surface area contributed by atoms with E-state index in [0.29, 0.717) is 28.9 Å². The molecule has 7 nitrogen and oxygen atoms in total. The van der Waals surface area contributed by atoms with E-state index < -0.39 is 23.5 Å². The first-order valence-electron chi connectivity index (χ1n) is 10.5. The lowest BCUT2D eigenvalue weighted by Gasteiger charge is -2.20. The fourth-order valence-corrected chi connectivity index (χ4v) is 4.14. The summed E-state index contributed by atoms with van der Waals surface area (Å²) in [4.78, 5) is 23.1. The topological polar surface area (TPSA) is 85.8 Å². The Morgan fingerprint density at radius 3 is 2.68 bits per heavy atom. The van der Waals surface area contributed by atoms with E-state index in [1.54, 1.807) is 6.92 Å². The smallest absolute Gasteiger partial charge is 0.383 e. The lowest BCUT2D eigenvalue weighted by atomic mass is 10.0. The van der Waals surface area contributed by atoms with Gasteiger partial charge >= 0.3 is 6.18 Å². The van der Waals surface area contributed by atoms with Crippen molar-refractivity contribution < 1.29 is 27.1 Å². The van der Waals surface area contributed by atoms with Gasteiger partial charge in [-0.15, -0.1) is 0 Å². The van der Waals surface area contributed by atoms with E-state index in [2.05, 4.69) is 9.97 Å². The molecule has 1 aliphatic rings. The molecular weight excluding hydrogens is 454 g/mol. The summed E-state index contributed by atoms with van der Waals surface area (Å²) in [6.07, 6.45) is -2.12. The third-order valence-electron chi connectivity index (χ3n) is 5.90. The summed E-state index contributed by atoms with van der Waals surface area (Å²) >= 11 is 0. The number of anilines is 1. The number of carbonyl (C=O) groups excluding carboxylic acids is 1. The Balaban J connectivity index is 1.48. The minimum Gasteiger partial charge on any atom is -0.383 e. The Bertz CT molecular complexity index is 1450. The number of nitrogen functional groups attached to an aromatic ring is 1. The van der Waals surface area contributed by atoms with Crippen LogP contribution in [0.3, 0.4) is 0 Å². The zero-order valence-electron chi connectivity index (χ0n) is 18.0. The highest BCUT2D eigenvalue weighted by atomic mass is 19.4. The van der Waals surface area contributed by atoms with Gasteiger partial charge in [-0.1, -0.05) is 0 Å². The maximum atomic E-state index is 14.9. The number of hydrogen-bond acceptors (Lipinski definition) is 5. The van der Waals surface area contributed by atoms with Crippen molar-refractivity contribution in [3.8, 4) is 0 Å². The van der Waals surface area contributed by atoms with Crippen molar-refractivity contribution in [2.24, 2.45) is 0 Å². The van der Waals surface area contributed by atoms with Gasteiger partial charge in [0.25, 0.3) is 5.91 Å². The van der Waals surface area contributed by atoms with E-state index in [1.165, 1.54) is 33.7 Å². The Morgan fingerprint density at radius 1 is 1.18 bits per heavy atom. The van der Waals surface area contributed by atoms with Gasteiger partial charge in [0, 0.05) is 36.0 Å². The van der Waals surface area contributed by atoms with Crippen molar-refractivity contribution in [2.45, 2.75) is 32.9 Å². The van der Waals surface area contributed by atoms with Crippen molar-refractivity contribution in [1.82, 2.24) is 19.3 Å². The Kier molecular flexibility index (Phi) is 5.16. The Labute approximate surface area is 190 Å². The molecule has 4 aromatic rings. The van der Waals surface area contributed by atoms with Gasteiger partial charge in [0.15, 0.2) is 0 Å². The molecule has 0 aliphatic carbocycles. The number of ether oxygens (including phenoxy) is 1. The minimum atomic E-state index is -4.48. The van der Waals surface area contributed by atoms with Gasteiger partial charge in [-0.05, 0) is 30.7 Å². The molecule has 0 saturated heterocycles. The van der Waals surface area contributed by atoms with Crippen LogP contribution in [0.4, 0.5) is 23.4 Å². The van der Waals surface area contributed by atoms with Gasteiger partial charge in [-0.25, -0.2) is 14.4 Å². The van der Waals surface area contributed by atoms with Crippen LogP contribution < -0.4 is 5.73 Å². The van der Waals surface area contributed by atoms with E-state index in [-0.39, 0.29) is 31.1 Å². The molecule has 1 amide bonds. The number of amides is 1. The van der Waals surface area contributed by atoms with E-state index in [0.717, 1.165) is 23.4 Å². The summed E-state index contributed by atoms with van der Waals surface area (Å²) in [7, 11) is 0. The van der Waals surface area contributed by atoms with Crippen molar-refractivity contribution >= 4 is 28.3 Å². The average molecular weight is 473 g/mol. The molecule has 3 aromatic heterocycles. The summed E-state index contributed by atoms with van der Waals surface area (Å²) in [6.45, 7) is 2.55. The fourth-order valence-electron chi connectivity index (χ4n) is 4.14. The van der Waals surface area contributed by atoms with Crippen molar-refractivity contribution in [1.29, 1.82) is 0 Å². The van der Waals surface area contributed by atoms with Crippen LogP contribution in [0.5, 0.6) is 0 Å². The number of nitrogens with zero attached hydrogens (tertiary/aromatic N) is 4. The first kappa shape index (κ1) is 22.1. The van der Waals surface area contributed by atoms with Gasteiger partial charge in [-0.3, -0.25) is 4.79 Å². The standard InChI is InChI=1S/C23H19F4N5O2/c1-2-31(8-13-9-32-7-12(23(25,26)27)3-4-20(32)29-13)22(33)15-5-14-16-10-34-11-17(16)21(28)30-19(14)6-18(15)24/h3-7,9H,2,8,10-11H2,1H3,(H2,28,30). The molecule has 5 rings (SSSR count). The Morgan fingerprint density at radius 2 is 1.94 bits per heavy atom. The fraction of sp³-hybridized carbons (Fsp3) is 0.261. The third-order valence-corrected chi connectivity index (χ3v) is 5.90. The minimum absolute atomic E-state index is 0.00293. The number of carbonyl (C=O) groups is 1. The molecule has 0 radical (unpaired) electrons. The predicted molar refractivity (Wildman–Crippen MR) is 115 cm³/mol. The molecule has 34 heavy (non-hydrogen) atoms. The number of pyridine rings is 2. The van der Waals surface area contributed by atoms with Crippen LogP contribution in [-0.2, 0) is 30.7 Å². The molecule has 0 fully saturated rings. The van der Waals surface area contributed by atoms with Crippen LogP contribution in [0, 0.1) is 5.82 Å². The van der Waals surface area contributed by atoms with Gasteiger partial charge in [0.05, 0.1) is 42.1 Å². The zero-order chi connectivity index (χ0) is 24.2. The zero-order valence-corrected chi connectivity index (χ0v) is 18.0. The quantitative estimate of drug-likeness (QED) is 0.447. The molecule has 176 valence electrons. The number of hydrogen-bond donors (Lipinski definition) is 1. The number of halogens is 4. The molecule has 0 saturated carbocycles. The van der Waals surface area contributed by atoms with Crippen LogP contribution in [-0.4, -0.2) is 31.7 Å². The summed E-state index contributed by atoms with van der Waals surface area (Å²) in [6, 6.07) is 4.83. The van der Waals surface area contributed by atoms with Crippen LogP contribution in [0.15, 0.2) is 36.7 Å². The molecular formula is C23H19F4N5O2. The van der Waals surface area contributed by atoms with Crippen LogP contribution in [0.1, 0.15) is 39.7 Å². The number of rotatable bonds is 4. The summed E-state index contributed by atoms with van der Waals surface area (Å²) in [5.74, 6) is -1.04. The SMILES string of the molecule is CCN(Cc1cn2cc(C(F)(F)F)ccc2n1)C(=O)c1cc2c3c(c(N)nc2cc1F)COC3. The molecule has 1 aliphatic heterocycles. The van der Waals surface area contributed by atoms with Crippen molar-refractivity contribution in [3.63, 3.8) is 0 Å². The number of alkyl halides is 3. The second kappa shape index (κ2) is 7.94. The van der Waals surface area contributed by atoms with Gasteiger partial charge in [-0.2, -0.15) is 13.2 Å². The monoisotopic (exact) mass is 473 g/mol. The lowest BCUT2D eigenvalue weighted by Crippen LogP contribution is -2.31. The first-order chi connectivity index (χ1) is 16.2. The molecule has 4 heterocycles. The van der Waals surface area contributed by atoms with E-state index in [9.17, 15) is 22.4 Å². The van der Waals surface area contributed by atoms with Crippen molar-refractivity contribution in [3.05, 3.63) is 70.4 Å². The van der Waals surface area contributed by atoms with Gasteiger partial charge < -0.3 is 19.8 Å². The number of imidazole rings is 1. The number of fused-ring (bicyclic) bond motifs is 4. The normalized spacial score (nSPS) is 13.6. The molecule has 0 bridgehead atoms. The van der Waals surface area contributed by atoms with Crippen molar-refractivity contribution in [2.75, 3.05) is 12.3 Å². The van der Waals surface area contributed by atoms with Crippen LogP contribution in [0.25, 0.3) is 16.6 Å². The van der Waals surface area contributed by atoms with Crippen LogP contribution in [0.2, 0.25) is 0 Å².